The minimum Gasteiger partial charge on any atom is -0.497 e. The molecule has 6 heteroatoms. The lowest BCUT2D eigenvalue weighted by Gasteiger charge is -2.16. The Bertz CT molecular complexity index is 2220. The van der Waals surface area contributed by atoms with Gasteiger partial charge in [-0.1, -0.05) is 38.1 Å². The third-order valence-electron chi connectivity index (χ3n) is 8.89. The number of pyridine rings is 1. The lowest BCUT2D eigenvalue weighted by Crippen LogP contribution is -2.01. The number of rotatable bonds is 8. The van der Waals surface area contributed by atoms with Gasteiger partial charge in [0.2, 0.25) is 0 Å². The molecule has 0 saturated carbocycles. The molecule has 46 heavy (non-hydrogen) atoms. The van der Waals surface area contributed by atoms with Crippen LogP contribution in [0.2, 0.25) is 0 Å². The predicted octanol–water partition coefficient (Wildman–Crippen LogP) is 9.88. The zero-order valence-corrected chi connectivity index (χ0v) is 27.3. The van der Waals surface area contributed by atoms with Crippen LogP contribution in [0.5, 0.6) is 17.2 Å². The fraction of sp³-hybridized carbons (Fsp3) is 0.200. The maximum Gasteiger partial charge on any atom is 0.137 e. The molecule has 3 aromatic heterocycles. The van der Waals surface area contributed by atoms with Crippen LogP contribution in [0.3, 0.4) is 0 Å². The number of hydrogen-bond donors (Lipinski definition) is 0. The molecule has 0 amide bonds. The molecule has 0 saturated heterocycles. The van der Waals surface area contributed by atoms with Gasteiger partial charge in [-0.05, 0) is 110 Å². The summed E-state index contributed by atoms with van der Waals surface area (Å²) in [6.07, 6.45) is 3.69. The Balaban J connectivity index is 1.28. The third kappa shape index (κ3) is 5.00. The molecule has 0 radical (unpaired) electrons. The highest BCUT2D eigenvalue weighted by atomic mass is 16.5. The van der Waals surface area contributed by atoms with Crippen molar-refractivity contribution in [2.45, 2.75) is 47.5 Å². The molecule has 0 N–H and O–H groups in total. The lowest BCUT2D eigenvalue weighted by molar-refractivity contribution is 0.414. The molecular formula is C40H38N4O2. The molecule has 0 aliphatic heterocycles. The predicted molar refractivity (Wildman–Crippen MR) is 187 cm³/mol. The van der Waals surface area contributed by atoms with Crippen molar-refractivity contribution in [3.05, 3.63) is 125 Å². The molecule has 4 aromatic carbocycles. The number of ether oxygens (including phenoxy) is 2. The van der Waals surface area contributed by atoms with Gasteiger partial charge in [0.1, 0.15) is 23.1 Å². The molecule has 0 aliphatic rings. The molecule has 0 fully saturated rings. The number of aryl methyl sites for hydroxylation is 4. The molecule has 0 aliphatic carbocycles. The van der Waals surface area contributed by atoms with Crippen molar-refractivity contribution >= 4 is 21.8 Å². The van der Waals surface area contributed by atoms with Crippen LogP contribution in [0.1, 0.15) is 41.9 Å². The molecule has 0 atom stereocenters. The molecule has 230 valence electrons. The summed E-state index contributed by atoms with van der Waals surface area (Å²) in [6.45, 7) is 10.7. The molecule has 0 spiro atoms. The first-order chi connectivity index (χ1) is 22.4. The molecule has 7 aromatic rings. The summed E-state index contributed by atoms with van der Waals surface area (Å²) in [5.41, 5.74) is 11.4. The highest BCUT2D eigenvalue weighted by Gasteiger charge is 2.21. The SMILES string of the molecule is CCc1cc(OC)cc(CC)c1-c1c(C)nn(-c2cccc(Oc3ccc4c5ccccc5n(-c5cc(C)ccn5)c4c3)c2)c1C. The third-order valence-corrected chi connectivity index (χ3v) is 8.89. The van der Waals surface area contributed by atoms with Crippen molar-refractivity contribution in [2.24, 2.45) is 0 Å². The molecule has 6 nitrogen and oxygen atoms in total. The summed E-state index contributed by atoms with van der Waals surface area (Å²) in [5, 5.41) is 7.38. The molecular weight excluding hydrogens is 568 g/mol. The van der Waals surface area contributed by atoms with Crippen molar-refractivity contribution in [1.82, 2.24) is 19.3 Å². The summed E-state index contributed by atoms with van der Waals surface area (Å²) < 4.78 is 16.4. The first-order valence-corrected chi connectivity index (χ1v) is 15.9. The van der Waals surface area contributed by atoms with Crippen molar-refractivity contribution in [3.63, 3.8) is 0 Å². The van der Waals surface area contributed by atoms with E-state index in [0.717, 1.165) is 75.0 Å². The van der Waals surface area contributed by atoms with Gasteiger partial charge in [-0.15, -0.1) is 0 Å². The van der Waals surface area contributed by atoms with Gasteiger partial charge in [0.15, 0.2) is 0 Å². The monoisotopic (exact) mass is 606 g/mol. The smallest absolute Gasteiger partial charge is 0.137 e. The van der Waals surface area contributed by atoms with E-state index in [2.05, 4.69) is 106 Å². The van der Waals surface area contributed by atoms with E-state index in [0.29, 0.717) is 0 Å². The zero-order valence-electron chi connectivity index (χ0n) is 27.3. The van der Waals surface area contributed by atoms with Crippen molar-refractivity contribution in [1.29, 1.82) is 0 Å². The number of hydrogen-bond acceptors (Lipinski definition) is 4. The van der Waals surface area contributed by atoms with Crippen LogP contribution in [0.15, 0.2) is 97.2 Å². The molecule has 0 unspecified atom stereocenters. The minimum atomic E-state index is 0.746. The first kappa shape index (κ1) is 29.4. The van der Waals surface area contributed by atoms with Crippen molar-refractivity contribution < 1.29 is 9.47 Å². The fourth-order valence-electron chi connectivity index (χ4n) is 6.71. The van der Waals surface area contributed by atoms with Crippen molar-refractivity contribution in [3.8, 4) is 39.9 Å². The van der Waals surface area contributed by atoms with Crippen LogP contribution in [0, 0.1) is 20.8 Å². The fourth-order valence-corrected chi connectivity index (χ4v) is 6.71. The Morgan fingerprint density at radius 1 is 0.674 bits per heavy atom. The average Bonchev–Trinajstić information content (AvgIpc) is 3.56. The number of benzene rings is 4. The average molecular weight is 607 g/mol. The van der Waals surface area contributed by atoms with E-state index in [1.807, 2.05) is 35.1 Å². The first-order valence-electron chi connectivity index (χ1n) is 15.9. The maximum atomic E-state index is 6.53. The molecule has 7 rings (SSSR count). The highest BCUT2D eigenvalue weighted by Crippen LogP contribution is 2.38. The van der Waals surface area contributed by atoms with E-state index in [4.69, 9.17) is 19.6 Å². The Morgan fingerprint density at radius 3 is 2.15 bits per heavy atom. The van der Waals surface area contributed by atoms with E-state index >= 15 is 0 Å². The van der Waals surface area contributed by atoms with Gasteiger partial charge in [0.25, 0.3) is 0 Å². The summed E-state index contributed by atoms with van der Waals surface area (Å²) in [6, 6.07) is 31.3. The Hall–Kier alpha value is -5.36. The summed E-state index contributed by atoms with van der Waals surface area (Å²) >= 11 is 0. The quantitative estimate of drug-likeness (QED) is 0.173. The van der Waals surface area contributed by atoms with Crippen LogP contribution >= 0.6 is 0 Å². The second-order valence-electron chi connectivity index (χ2n) is 11.8. The van der Waals surface area contributed by atoms with Gasteiger partial charge >= 0.3 is 0 Å². The van der Waals surface area contributed by atoms with Gasteiger partial charge in [-0.3, -0.25) is 4.57 Å². The molecule has 0 bridgehead atoms. The molecule has 3 heterocycles. The second kappa shape index (κ2) is 11.9. The van der Waals surface area contributed by atoms with Gasteiger partial charge in [0, 0.05) is 40.4 Å². The summed E-state index contributed by atoms with van der Waals surface area (Å²) in [7, 11) is 1.73. The van der Waals surface area contributed by atoms with E-state index in [1.54, 1.807) is 7.11 Å². The van der Waals surface area contributed by atoms with Gasteiger partial charge in [-0.25, -0.2) is 9.67 Å². The van der Waals surface area contributed by atoms with Gasteiger partial charge in [0.05, 0.1) is 29.5 Å². The second-order valence-corrected chi connectivity index (χ2v) is 11.8. The summed E-state index contributed by atoms with van der Waals surface area (Å²) in [5.74, 6) is 3.29. The van der Waals surface area contributed by atoms with Gasteiger partial charge < -0.3 is 9.47 Å². The number of fused-ring (bicyclic) bond motifs is 3. The van der Waals surface area contributed by atoms with Gasteiger partial charge in [-0.2, -0.15) is 5.10 Å². The Morgan fingerprint density at radius 2 is 1.41 bits per heavy atom. The normalized spacial score (nSPS) is 11.4. The van der Waals surface area contributed by atoms with E-state index < -0.39 is 0 Å². The van der Waals surface area contributed by atoms with Crippen LogP contribution in [0.4, 0.5) is 0 Å². The van der Waals surface area contributed by atoms with Crippen molar-refractivity contribution in [2.75, 3.05) is 7.11 Å². The summed E-state index contributed by atoms with van der Waals surface area (Å²) in [4.78, 5) is 4.72. The Labute approximate surface area is 269 Å². The van der Waals surface area contributed by atoms with Crippen LogP contribution in [0.25, 0.3) is 44.4 Å². The number of nitrogens with zero attached hydrogens (tertiary/aromatic N) is 4. The lowest BCUT2D eigenvalue weighted by atomic mass is 9.90. The highest BCUT2D eigenvalue weighted by molar-refractivity contribution is 6.09. The van der Waals surface area contributed by atoms with Crippen LogP contribution in [-0.4, -0.2) is 26.4 Å². The zero-order chi connectivity index (χ0) is 31.9. The topological polar surface area (TPSA) is 54.1 Å². The Kier molecular flexibility index (Phi) is 7.57. The number of methoxy groups -OCH3 is 1. The largest absolute Gasteiger partial charge is 0.497 e. The minimum absolute atomic E-state index is 0.746. The van der Waals surface area contributed by atoms with E-state index in [9.17, 15) is 0 Å². The number of aromatic nitrogens is 4. The van der Waals surface area contributed by atoms with Crippen LogP contribution < -0.4 is 9.47 Å². The van der Waals surface area contributed by atoms with E-state index in [-0.39, 0.29) is 0 Å². The maximum absolute atomic E-state index is 6.53. The standard InChI is InChI=1S/C40H38N4O2/c1-7-28-21-33(45-6)22-29(8-2)40(28)39-26(4)42-44(27(39)5)30-12-11-13-31(23-30)46-32-16-17-35-34-14-9-10-15-36(34)43(37(35)24-32)38-20-25(3)18-19-41-38/h9-24H,7-8H2,1-6H3. The number of para-hydroxylation sites is 1. The van der Waals surface area contributed by atoms with E-state index in [1.165, 1.54) is 27.6 Å². The van der Waals surface area contributed by atoms with Crippen LogP contribution in [-0.2, 0) is 12.8 Å².